The molecule has 2 atom stereocenters. The molecule has 10 nitrogen and oxygen atoms in total. The fourth-order valence-electron chi connectivity index (χ4n) is 5.64. The van der Waals surface area contributed by atoms with Gasteiger partial charge in [-0.15, -0.1) is 0 Å². The highest BCUT2D eigenvalue weighted by Crippen LogP contribution is 2.34. The Morgan fingerprint density at radius 3 is 2.58 bits per heavy atom. The minimum Gasteiger partial charge on any atom is -0.340 e. The van der Waals surface area contributed by atoms with Gasteiger partial charge in [-0.25, -0.2) is 8.42 Å². The van der Waals surface area contributed by atoms with E-state index in [1.807, 2.05) is 6.92 Å². The molecule has 208 valence electrons. The molecule has 1 aromatic rings. The molecular formula is C26H37ClN6O4S. The molecule has 1 N–H and O–H groups in total. The van der Waals surface area contributed by atoms with Crippen molar-refractivity contribution in [1.29, 1.82) is 5.26 Å². The summed E-state index contributed by atoms with van der Waals surface area (Å²) in [6, 6.07) is 5.56. The van der Waals surface area contributed by atoms with Gasteiger partial charge in [-0.3, -0.25) is 19.4 Å². The average Bonchev–Trinajstić information content (AvgIpc) is 3.26. The maximum Gasteiger partial charge on any atom is 0.246 e. The Balaban J connectivity index is 1.23. The summed E-state index contributed by atoms with van der Waals surface area (Å²) >= 11 is 6.37. The van der Waals surface area contributed by atoms with Crippen molar-refractivity contribution in [3.8, 4) is 6.07 Å². The van der Waals surface area contributed by atoms with Crippen molar-refractivity contribution >= 4 is 39.1 Å². The van der Waals surface area contributed by atoms with Crippen LogP contribution in [0.15, 0.2) is 12.1 Å². The van der Waals surface area contributed by atoms with E-state index in [9.17, 15) is 23.3 Å². The van der Waals surface area contributed by atoms with E-state index in [-0.39, 0.29) is 29.7 Å². The fourth-order valence-corrected chi connectivity index (χ4v) is 6.92. The van der Waals surface area contributed by atoms with Crippen molar-refractivity contribution in [2.24, 2.45) is 0 Å². The van der Waals surface area contributed by atoms with E-state index in [1.54, 1.807) is 28.9 Å². The van der Waals surface area contributed by atoms with Gasteiger partial charge < -0.3 is 10.2 Å². The number of amides is 2. The molecule has 38 heavy (non-hydrogen) atoms. The van der Waals surface area contributed by atoms with Crippen molar-refractivity contribution in [2.75, 3.05) is 56.6 Å². The Morgan fingerprint density at radius 2 is 1.89 bits per heavy atom. The monoisotopic (exact) mass is 564 g/mol. The van der Waals surface area contributed by atoms with Crippen molar-refractivity contribution in [1.82, 2.24) is 19.4 Å². The van der Waals surface area contributed by atoms with E-state index in [0.717, 1.165) is 43.5 Å². The fraction of sp³-hybridized carbons (Fsp3) is 0.654. The van der Waals surface area contributed by atoms with Crippen LogP contribution >= 0.6 is 11.6 Å². The molecule has 3 heterocycles. The van der Waals surface area contributed by atoms with Gasteiger partial charge in [0.25, 0.3) is 0 Å². The lowest BCUT2D eigenvalue weighted by molar-refractivity contribution is -0.132. The number of hydrogen-bond acceptors (Lipinski definition) is 7. The van der Waals surface area contributed by atoms with Gasteiger partial charge in [0.1, 0.15) is 12.1 Å². The number of anilines is 1. The Hall–Kier alpha value is -2.23. The quantitative estimate of drug-likeness (QED) is 0.455. The number of sulfonamides is 1. The first-order valence-corrected chi connectivity index (χ1v) is 15.4. The summed E-state index contributed by atoms with van der Waals surface area (Å²) in [6.07, 6.45) is 4.08. The van der Waals surface area contributed by atoms with Crippen LogP contribution in [0.25, 0.3) is 0 Å². The number of nitriles is 1. The molecule has 3 aliphatic heterocycles. The Labute approximate surface area is 230 Å². The van der Waals surface area contributed by atoms with Crippen molar-refractivity contribution < 1.29 is 18.0 Å². The molecular weight excluding hydrogens is 528 g/mol. The molecule has 2 unspecified atom stereocenters. The number of unbranched alkanes of at least 4 members (excludes halogenated alkanes) is 2. The first-order valence-electron chi connectivity index (χ1n) is 13.4. The lowest BCUT2D eigenvalue weighted by atomic mass is 10.0. The Morgan fingerprint density at radius 1 is 1.16 bits per heavy atom. The van der Waals surface area contributed by atoms with Crippen LogP contribution in [0.3, 0.4) is 0 Å². The van der Waals surface area contributed by atoms with Gasteiger partial charge in [-0.05, 0) is 44.4 Å². The van der Waals surface area contributed by atoms with Crippen LogP contribution in [-0.2, 0) is 19.6 Å². The third-order valence-corrected chi connectivity index (χ3v) is 10.4. The molecule has 2 amide bonds. The zero-order valence-corrected chi connectivity index (χ0v) is 23.7. The predicted molar refractivity (Wildman–Crippen MR) is 146 cm³/mol. The van der Waals surface area contributed by atoms with Gasteiger partial charge >= 0.3 is 0 Å². The average molecular weight is 565 g/mol. The molecule has 0 saturated carbocycles. The lowest BCUT2D eigenvalue weighted by Gasteiger charge is -2.36. The summed E-state index contributed by atoms with van der Waals surface area (Å²) in [4.78, 5) is 31.7. The van der Waals surface area contributed by atoms with E-state index < -0.39 is 10.0 Å². The number of piperazine rings is 2. The zero-order valence-electron chi connectivity index (χ0n) is 22.2. The van der Waals surface area contributed by atoms with Gasteiger partial charge in [-0.2, -0.15) is 9.57 Å². The molecule has 3 saturated heterocycles. The predicted octanol–water partition coefficient (Wildman–Crippen LogP) is 1.91. The van der Waals surface area contributed by atoms with E-state index >= 15 is 0 Å². The number of nitrogens with zero attached hydrogens (tertiary/aromatic N) is 5. The molecule has 12 heteroatoms. The number of benzene rings is 1. The Bertz CT molecular complexity index is 1190. The summed E-state index contributed by atoms with van der Waals surface area (Å²) in [5, 5.41) is 13.0. The SMILES string of the molecule is CCS(=O)(=O)N1CCN(C(=O)CCCCCC2CNCC3C(=O)N(c4ccc(C#N)c(Cl)c4C)CN23)CC1. The first-order chi connectivity index (χ1) is 18.2. The number of rotatable bonds is 9. The van der Waals surface area contributed by atoms with Gasteiger partial charge in [0.2, 0.25) is 21.8 Å². The maximum absolute atomic E-state index is 13.3. The summed E-state index contributed by atoms with van der Waals surface area (Å²) in [5.74, 6) is 0.226. The van der Waals surface area contributed by atoms with Crippen LogP contribution in [-0.4, -0.2) is 98.1 Å². The minimum atomic E-state index is -3.20. The zero-order chi connectivity index (χ0) is 27.4. The smallest absolute Gasteiger partial charge is 0.246 e. The number of carbonyl (C=O) groups is 2. The Kier molecular flexibility index (Phi) is 9.31. The van der Waals surface area contributed by atoms with Crippen LogP contribution in [0, 0.1) is 18.3 Å². The number of halogens is 1. The van der Waals surface area contributed by atoms with Crippen molar-refractivity contribution in [2.45, 2.75) is 58.0 Å². The second-order valence-electron chi connectivity index (χ2n) is 10.2. The van der Waals surface area contributed by atoms with Crippen LogP contribution in [0.2, 0.25) is 5.02 Å². The summed E-state index contributed by atoms with van der Waals surface area (Å²) in [7, 11) is -3.20. The molecule has 4 rings (SSSR count). The number of carbonyl (C=O) groups excluding carboxylic acids is 2. The summed E-state index contributed by atoms with van der Waals surface area (Å²) < 4.78 is 25.5. The molecule has 3 aliphatic rings. The highest BCUT2D eigenvalue weighted by molar-refractivity contribution is 7.89. The third-order valence-electron chi connectivity index (χ3n) is 7.99. The highest BCUT2D eigenvalue weighted by Gasteiger charge is 2.44. The second-order valence-corrected chi connectivity index (χ2v) is 12.8. The maximum atomic E-state index is 13.3. The van der Waals surface area contributed by atoms with E-state index in [2.05, 4.69) is 16.3 Å². The van der Waals surface area contributed by atoms with Gasteiger partial charge in [0.15, 0.2) is 0 Å². The van der Waals surface area contributed by atoms with Gasteiger partial charge in [0, 0.05) is 57.4 Å². The van der Waals surface area contributed by atoms with Crippen molar-refractivity contribution in [3.63, 3.8) is 0 Å². The van der Waals surface area contributed by atoms with Crippen LogP contribution in [0.4, 0.5) is 5.69 Å². The van der Waals surface area contributed by atoms with Gasteiger partial charge in [0.05, 0.1) is 23.0 Å². The molecule has 1 aromatic carbocycles. The van der Waals surface area contributed by atoms with E-state index in [0.29, 0.717) is 56.4 Å². The molecule has 0 aromatic heterocycles. The number of nitrogens with one attached hydrogen (secondary N) is 1. The van der Waals surface area contributed by atoms with Crippen LogP contribution in [0.1, 0.15) is 50.2 Å². The first kappa shape index (κ1) is 28.8. The molecule has 0 radical (unpaired) electrons. The third kappa shape index (κ3) is 6.00. The van der Waals surface area contributed by atoms with Crippen LogP contribution in [0.5, 0.6) is 0 Å². The lowest BCUT2D eigenvalue weighted by Crippen LogP contribution is -2.56. The highest BCUT2D eigenvalue weighted by atomic mass is 35.5. The largest absolute Gasteiger partial charge is 0.340 e. The summed E-state index contributed by atoms with van der Waals surface area (Å²) in [6.45, 7) is 7.05. The normalized spacial score (nSPS) is 22.9. The van der Waals surface area contributed by atoms with E-state index in [4.69, 9.17) is 11.6 Å². The van der Waals surface area contributed by atoms with E-state index in [1.165, 1.54) is 4.31 Å². The van der Waals surface area contributed by atoms with Crippen molar-refractivity contribution in [3.05, 3.63) is 28.3 Å². The molecule has 0 bridgehead atoms. The minimum absolute atomic E-state index is 0.0449. The number of hydrogen-bond donors (Lipinski definition) is 1. The van der Waals surface area contributed by atoms with Crippen LogP contribution < -0.4 is 10.2 Å². The summed E-state index contributed by atoms with van der Waals surface area (Å²) in [5.41, 5.74) is 1.89. The standard InChI is InChI=1S/C26H37ClN6O4S/c1-3-38(36,37)31-13-11-30(12-14-31)24(34)8-6-4-5-7-21-16-29-17-23-26(35)33(18-32(21)23)22-10-9-20(15-28)25(27)19(22)2/h9-10,21,23,29H,3-8,11-14,16-18H2,1-2H3. The molecule has 0 spiro atoms. The number of fused-ring (bicyclic) bond motifs is 1. The topological polar surface area (TPSA) is 117 Å². The van der Waals surface area contributed by atoms with Gasteiger partial charge in [-0.1, -0.05) is 24.4 Å². The molecule has 3 fully saturated rings. The second kappa shape index (κ2) is 12.3. The molecule has 0 aliphatic carbocycles.